The summed E-state index contributed by atoms with van der Waals surface area (Å²) in [5.41, 5.74) is 5.11. The van der Waals surface area contributed by atoms with Crippen molar-refractivity contribution in [3.8, 4) is 39.5 Å². The van der Waals surface area contributed by atoms with E-state index in [-0.39, 0.29) is 19.0 Å². The molecule has 0 aliphatic carbocycles. The monoisotopic (exact) mass is 668 g/mol. The van der Waals surface area contributed by atoms with E-state index in [0.717, 1.165) is 12.1 Å². The summed E-state index contributed by atoms with van der Waals surface area (Å²) in [5, 5.41) is 3.48. The summed E-state index contributed by atoms with van der Waals surface area (Å²) >= 11 is 14.0. The van der Waals surface area contributed by atoms with Crippen LogP contribution in [0, 0.1) is 5.82 Å². The fourth-order valence-corrected chi connectivity index (χ4v) is 6.14. The standard InChI is InChI=1S/C35H36Cl2F2N4O3/c1-35(2,3)46-34(44)41-19-22-9-10-29(42-33(22)45-4)26-8-5-7-24(30(26)36)25-11-14-40-32(31(25)37)23-17-21-12-16-43(15-6-13-38)20-27(21)28(39)18-23/h5,7-11,14,17-18H,6,12-13,15-16,19-20H2,1-4H3,(H,41,44). The Kier molecular flexibility index (Phi) is 10.5. The van der Waals surface area contributed by atoms with Crippen LogP contribution < -0.4 is 10.1 Å². The average molecular weight is 670 g/mol. The lowest BCUT2D eigenvalue weighted by molar-refractivity contribution is 0.0523. The van der Waals surface area contributed by atoms with E-state index in [4.69, 9.17) is 32.7 Å². The lowest BCUT2D eigenvalue weighted by Gasteiger charge is -2.29. The normalized spacial score (nSPS) is 13.3. The van der Waals surface area contributed by atoms with Crippen LogP contribution in [0.4, 0.5) is 13.6 Å². The quantitative estimate of drug-likeness (QED) is 0.192. The molecule has 7 nitrogen and oxygen atoms in total. The van der Waals surface area contributed by atoms with Gasteiger partial charge in [-0.25, -0.2) is 14.2 Å². The number of alkyl halides is 1. The number of hydrogen-bond acceptors (Lipinski definition) is 6. The van der Waals surface area contributed by atoms with Gasteiger partial charge < -0.3 is 14.8 Å². The largest absolute Gasteiger partial charge is 0.481 e. The third-order valence-corrected chi connectivity index (χ3v) is 8.45. The number of methoxy groups -OCH3 is 1. The van der Waals surface area contributed by atoms with Crippen LogP contribution >= 0.6 is 23.2 Å². The third kappa shape index (κ3) is 7.60. The van der Waals surface area contributed by atoms with E-state index >= 15 is 4.39 Å². The lowest BCUT2D eigenvalue weighted by atomic mass is 9.94. The first kappa shape index (κ1) is 33.6. The second kappa shape index (κ2) is 14.3. The zero-order valence-electron chi connectivity index (χ0n) is 26.2. The summed E-state index contributed by atoms with van der Waals surface area (Å²) in [6.45, 7) is 6.94. The maximum Gasteiger partial charge on any atom is 0.407 e. The van der Waals surface area contributed by atoms with Crippen molar-refractivity contribution in [2.75, 3.05) is 26.9 Å². The Labute approximate surface area is 277 Å². The molecule has 4 aromatic rings. The molecule has 2 aromatic carbocycles. The molecular formula is C35H36Cl2F2N4O3. The first-order valence-electron chi connectivity index (χ1n) is 15.0. The van der Waals surface area contributed by atoms with Gasteiger partial charge in [0.2, 0.25) is 5.88 Å². The number of amides is 1. The molecule has 0 radical (unpaired) electrons. The number of alkyl carbamates (subject to hydrolysis) is 1. The molecule has 0 atom stereocenters. The highest BCUT2D eigenvalue weighted by Gasteiger charge is 2.23. The van der Waals surface area contributed by atoms with Crippen LogP contribution in [0.1, 0.15) is 43.9 Å². The van der Waals surface area contributed by atoms with Crippen LogP contribution in [0.5, 0.6) is 5.88 Å². The Morgan fingerprint density at radius 3 is 2.57 bits per heavy atom. The minimum Gasteiger partial charge on any atom is -0.481 e. The van der Waals surface area contributed by atoms with Gasteiger partial charge in [-0.2, -0.15) is 0 Å². The van der Waals surface area contributed by atoms with Crippen LogP contribution in [-0.2, 0) is 24.2 Å². The number of halogens is 4. The van der Waals surface area contributed by atoms with E-state index in [0.29, 0.717) is 86.6 Å². The Morgan fingerprint density at radius 2 is 1.83 bits per heavy atom. The van der Waals surface area contributed by atoms with Gasteiger partial charge in [-0.15, -0.1) is 0 Å². The summed E-state index contributed by atoms with van der Waals surface area (Å²) in [4.78, 5) is 23.4. The maximum absolute atomic E-state index is 15.4. The van der Waals surface area contributed by atoms with Crippen molar-refractivity contribution in [2.24, 2.45) is 0 Å². The predicted molar refractivity (Wildman–Crippen MR) is 178 cm³/mol. The number of pyridine rings is 2. The first-order chi connectivity index (χ1) is 22.0. The van der Waals surface area contributed by atoms with Gasteiger partial charge in [0.05, 0.1) is 41.8 Å². The maximum atomic E-state index is 15.4. The van der Waals surface area contributed by atoms with Gasteiger partial charge in [0.1, 0.15) is 11.4 Å². The topological polar surface area (TPSA) is 76.6 Å². The molecule has 2 aromatic heterocycles. The fraction of sp³-hybridized carbons (Fsp3) is 0.343. The smallest absolute Gasteiger partial charge is 0.407 e. The molecule has 5 rings (SSSR count). The Balaban J connectivity index is 1.43. The summed E-state index contributed by atoms with van der Waals surface area (Å²) in [5.74, 6) is 0.00439. The molecule has 0 saturated carbocycles. The number of benzene rings is 2. The van der Waals surface area contributed by atoms with Crippen LogP contribution in [0.15, 0.2) is 54.7 Å². The molecule has 11 heteroatoms. The molecule has 0 bridgehead atoms. The molecule has 0 fully saturated rings. The molecule has 1 N–H and O–H groups in total. The van der Waals surface area contributed by atoms with Crippen molar-refractivity contribution >= 4 is 29.3 Å². The number of hydrogen-bond donors (Lipinski definition) is 1. The van der Waals surface area contributed by atoms with E-state index in [1.54, 1.807) is 39.1 Å². The van der Waals surface area contributed by atoms with Gasteiger partial charge in [-0.1, -0.05) is 41.4 Å². The van der Waals surface area contributed by atoms with Crippen molar-refractivity contribution in [1.29, 1.82) is 0 Å². The van der Waals surface area contributed by atoms with Gasteiger partial charge in [-0.05, 0) is 69.5 Å². The van der Waals surface area contributed by atoms with Gasteiger partial charge in [0, 0.05) is 59.2 Å². The van der Waals surface area contributed by atoms with E-state index in [2.05, 4.69) is 20.2 Å². The van der Waals surface area contributed by atoms with Crippen LogP contribution in [0.2, 0.25) is 10.0 Å². The van der Waals surface area contributed by atoms with Crippen molar-refractivity contribution in [1.82, 2.24) is 20.2 Å². The van der Waals surface area contributed by atoms with Gasteiger partial charge in [-0.3, -0.25) is 14.3 Å². The number of nitrogens with zero attached hydrogens (tertiary/aromatic N) is 3. The van der Waals surface area contributed by atoms with E-state index in [1.807, 2.05) is 30.3 Å². The molecule has 242 valence electrons. The van der Waals surface area contributed by atoms with Crippen LogP contribution in [-0.4, -0.2) is 53.4 Å². The van der Waals surface area contributed by atoms with Crippen molar-refractivity contribution in [3.63, 3.8) is 0 Å². The molecule has 3 heterocycles. The Morgan fingerprint density at radius 1 is 1.07 bits per heavy atom. The summed E-state index contributed by atoms with van der Waals surface area (Å²) in [7, 11) is 1.51. The number of nitrogens with one attached hydrogen (secondary N) is 1. The minimum atomic E-state index is -0.617. The highest BCUT2D eigenvalue weighted by atomic mass is 35.5. The molecule has 0 spiro atoms. The molecule has 0 unspecified atom stereocenters. The van der Waals surface area contributed by atoms with Crippen molar-refractivity contribution in [3.05, 3.63) is 87.3 Å². The summed E-state index contributed by atoms with van der Waals surface area (Å²) < 4.78 is 38.9. The second-order valence-corrected chi connectivity index (χ2v) is 12.8. The highest BCUT2D eigenvalue weighted by molar-refractivity contribution is 6.39. The first-order valence-corrected chi connectivity index (χ1v) is 15.8. The zero-order chi connectivity index (χ0) is 33.0. The minimum absolute atomic E-state index is 0.162. The number of aromatic nitrogens is 2. The van der Waals surface area contributed by atoms with Gasteiger partial charge >= 0.3 is 6.09 Å². The van der Waals surface area contributed by atoms with Crippen LogP contribution in [0.25, 0.3) is 33.6 Å². The van der Waals surface area contributed by atoms with Crippen molar-refractivity contribution < 1.29 is 23.0 Å². The fourth-order valence-electron chi connectivity index (χ4n) is 5.49. The summed E-state index contributed by atoms with van der Waals surface area (Å²) in [6, 6.07) is 14.3. The molecule has 0 saturated heterocycles. The number of ether oxygens (including phenoxy) is 2. The Bertz CT molecular complexity index is 1750. The predicted octanol–water partition coefficient (Wildman–Crippen LogP) is 8.67. The molecular weight excluding hydrogens is 633 g/mol. The zero-order valence-corrected chi connectivity index (χ0v) is 27.7. The molecule has 1 aliphatic heterocycles. The second-order valence-electron chi connectivity index (χ2n) is 12.1. The van der Waals surface area contributed by atoms with E-state index < -0.39 is 11.7 Å². The summed E-state index contributed by atoms with van der Waals surface area (Å²) in [6.07, 6.45) is 2.18. The lowest BCUT2D eigenvalue weighted by Crippen LogP contribution is -2.32. The number of carbonyl (C=O) groups excluding carboxylic acids is 1. The van der Waals surface area contributed by atoms with Crippen molar-refractivity contribution in [2.45, 2.75) is 52.3 Å². The number of rotatable bonds is 9. The molecule has 1 amide bonds. The van der Waals surface area contributed by atoms with E-state index in [9.17, 15) is 9.18 Å². The van der Waals surface area contributed by atoms with Crippen LogP contribution in [0.3, 0.4) is 0 Å². The average Bonchev–Trinajstić information content (AvgIpc) is 3.02. The molecule has 46 heavy (non-hydrogen) atoms. The number of carbonyl (C=O) groups is 1. The van der Waals surface area contributed by atoms with E-state index in [1.165, 1.54) is 13.2 Å². The SMILES string of the molecule is COc1nc(-c2cccc(-c3ccnc(-c4cc(F)c5c(c4)CCN(CCCF)C5)c3Cl)c2Cl)ccc1CNC(=O)OC(C)(C)C. The Hall–Kier alpha value is -3.79. The van der Waals surface area contributed by atoms with Gasteiger partial charge in [0.15, 0.2) is 0 Å². The number of fused-ring (bicyclic) bond motifs is 1. The third-order valence-electron chi connectivity index (χ3n) is 7.66. The highest BCUT2D eigenvalue weighted by Crippen LogP contribution is 2.42. The van der Waals surface area contributed by atoms with Gasteiger partial charge in [0.25, 0.3) is 0 Å². The molecule has 1 aliphatic rings.